The van der Waals surface area contributed by atoms with Crippen molar-refractivity contribution in [2.45, 2.75) is 6.92 Å². The number of rotatable bonds is 5. The van der Waals surface area contributed by atoms with E-state index in [1.807, 2.05) is 19.1 Å². The second kappa shape index (κ2) is 9.92. The van der Waals surface area contributed by atoms with E-state index in [0.29, 0.717) is 25.9 Å². The lowest BCUT2D eigenvalue weighted by Crippen LogP contribution is -2.43. The average molecular weight is 493 g/mol. The molecule has 1 saturated heterocycles. The van der Waals surface area contributed by atoms with E-state index < -0.39 is 0 Å². The van der Waals surface area contributed by atoms with Crippen molar-refractivity contribution in [1.82, 2.24) is 9.88 Å². The third-order valence-corrected chi connectivity index (χ3v) is 7.45. The summed E-state index contributed by atoms with van der Waals surface area (Å²) in [4.78, 5) is 22.7. The van der Waals surface area contributed by atoms with E-state index in [9.17, 15) is 4.79 Å². The summed E-state index contributed by atoms with van der Waals surface area (Å²) >= 11 is 15.2. The van der Waals surface area contributed by atoms with Crippen LogP contribution in [0.3, 0.4) is 0 Å². The Hall–Kier alpha value is -0.930. The molecule has 0 aliphatic carbocycles. The quantitative estimate of drug-likeness (QED) is 0.480. The lowest BCUT2D eigenvalue weighted by Gasteiger charge is -2.29. The van der Waals surface area contributed by atoms with Crippen LogP contribution in [0.25, 0.3) is 10.2 Å². The number of aromatic nitrogens is 1. The van der Waals surface area contributed by atoms with Gasteiger partial charge in [-0.05, 0) is 30.7 Å². The number of carbonyl (C=O) groups excluding carboxylic acids is 1. The molecule has 3 heterocycles. The second-order valence-electron chi connectivity index (χ2n) is 6.55. The van der Waals surface area contributed by atoms with E-state index in [0.717, 1.165) is 48.6 Å². The molecule has 1 aromatic carbocycles. The third-order valence-electron chi connectivity index (χ3n) is 4.69. The zero-order valence-electron chi connectivity index (χ0n) is 15.7. The minimum absolute atomic E-state index is 0. The zero-order chi connectivity index (χ0) is 19.7. The highest BCUT2D eigenvalue weighted by molar-refractivity contribution is 7.23. The number of carbonyl (C=O) groups is 1. The number of morpholine rings is 1. The molecule has 0 atom stereocenters. The molecule has 156 valence electrons. The number of hydrogen-bond donors (Lipinski definition) is 0. The molecular weight excluding hydrogens is 473 g/mol. The van der Waals surface area contributed by atoms with Gasteiger partial charge in [0, 0.05) is 26.2 Å². The van der Waals surface area contributed by atoms with Gasteiger partial charge in [-0.2, -0.15) is 0 Å². The Morgan fingerprint density at radius 2 is 1.97 bits per heavy atom. The summed E-state index contributed by atoms with van der Waals surface area (Å²) in [5.74, 6) is -0.0852. The SMILES string of the molecule is Cc1ccc(Cl)c2sc(N(CCN3CCOCC3)C(=O)c3ccc(Cl)s3)nc12.Cl. The maximum atomic E-state index is 13.2. The number of aryl methyl sites for hydroxylation is 1. The maximum Gasteiger partial charge on any atom is 0.270 e. The Labute approximate surface area is 193 Å². The monoisotopic (exact) mass is 491 g/mol. The van der Waals surface area contributed by atoms with Gasteiger partial charge in [0.1, 0.15) is 0 Å². The molecule has 4 rings (SSSR count). The number of nitrogens with zero attached hydrogens (tertiary/aromatic N) is 3. The molecule has 0 spiro atoms. The highest BCUT2D eigenvalue weighted by Gasteiger charge is 2.24. The number of thiazole rings is 1. The lowest BCUT2D eigenvalue weighted by molar-refractivity contribution is 0.0391. The topological polar surface area (TPSA) is 45.7 Å². The molecule has 1 amide bonds. The van der Waals surface area contributed by atoms with Gasteiger partial charge in [0.2, 0.25) is 0 Å². The van der Waals surface area contributed by atoms with Crippen LogP contribution in [-0.2, 0) is 4.74 Å². The van der Waals surface area contributed by atoms with Gasteiger partial charge in [0.15, 0.2) is 5.13 Å². The molecule has 0 unspecified atom stereocenters. The van der Waals surface area contributed by atoms with Crippen molar-refractivity contribution in [3.05, 3.63) is 44.1 Å². The van der Waals surface area contributed by atoms with Gasteiger partial charge in [0.05, 0.1) is 37.7 Å². The van der Waals surface area contributed by atoms with Crippen LogP contribution in [-0.4, -0.2) is 55.2 Å². The summed E-state index contributed by atoms with van der Waals surface area (Å²) in [6.07, 6.45) is 0. The Balaban J connectivity index is 0.00000240. The Morgan fingerprint density at radius 1 is 1.21 bits per heavy atom. The summed E-state index contributed by atoms with van der Waals surface area (Å²) in [5.41, 5.74) is 1.89. The molecule has 2 aromatic heterocycles. The van der Waals surface area contributed by atoms with Gasteiger partial charge >= 0.3 is 0 Å². The van der Waals surface area contributed by atoms with Crippen LogP contribution >= 0.6 is 58.3 Å². The van der Waals surface area contributed by atoms with Gasteiger partial charge in [-0.25, -0.2) is 4.98 Å². The summed E-state index contributed by atoms with van der Waals surface area (Å²) in [6.45, 7) is 6.51. The molecule has 1 aliphatic heterocycles. The van der Waals surface area contributed by atoms with Crippen LogP contribution in [0.5, 0.6) is 0 Å². The van der Waals surface area contributed by atoms with E-state index in [1.54, 1.807) is 17.0 Å². The van der Waals surface area contributed by atoms with Gasteiger partial charge in [-0.1, -0.05) is 40.6 Å². The van der Waals surface area contributed by atoms with E-state index in [-0.39, 0.29) is 18.3 Å². The highest BCUT2D eigenvalue weighted by atomic mass is 35.5. The fraction of sp³-hybridized carbons (Fsp3) is 0.368. The molecule has 0 saturated carbocycles. The smallest absolute Gasteiger partial charge is 0.270 e. The minimum atomic E-state index is -0.0852. The van der Waals surface area contributed by atoms with E-state index in [4.69, 9.17) is 32.9 Å². The van der Waals surface area contributed by atoms with Crippen molar-refractivity contribution in [3.63, 3.8) is 0 Å². The Morgan fingerprint density at radius 3 is 2.62 bits per heavy atom. The first-order valence-electron chi connectivity index (χ1n) is 8.96. The zero-order valence-corrected chi connectivity index (χ0v) is 19.7. The molecule has 0 N–H and O–H groups in total. The van der Waals surface area contributed by atoms with Crippen LogP contribution < -0.4 is 4.90 Å². The molecule has 1 aliphatic rings. The molecule has 1 fully saturated rings. The first-order valence-corrected chi connectivity index (χ1v) is 11.3. The molecule has 0 bridgehead atoms. The minimum Gasteiger partial charge on any atom is -0.379 e. The van der Waals surface area contributed by atoms with Crippen molar-refractivity contribution in [2.24, 2.45) is 0 Å². The van der Waals surface area contributed by atoms with Crippen molar-refractivity contribution < 1.29 is 9.53 Å². The standard InChI is InChI=1S/C19H19Cl2N3O2S2.ClH/c1-12-2-3-13(20)17-16(12)22-19(28-17)24(7-6-23-8-10-26-11-9-23)18(25)14-4-5-15(21)27-14;/h2-5H,6-11H2,1H3;1H. The number of thiophene rings is 1. The molecule has 29 heavy (non-hydrogen) atoms. The van der Waals surface area contributed by atoms with Crippen molar-refractivity contribution in [1.29, 1.82) is 0 Å². The summed E-state index contributed by atoms with van der Waals surface area (Å²) in [6, 6.07) is 7.34. The fourth-order valence-corrected chi connectivity index (χ4v) is 5.45. The highest BCUT2D eigenvalue weighted by Crippen LogP contribution is 2.36. The maximum absolute atomic E-state index is 13.2. The van der Waals surface area contributed by atoms with Gasteiger partial charge in [-0.3, -0.25) is 14.6 Å². The molecular formula is C19H20Cl3N3O2S2. The Bertz CT molecular complexity index is 963. The number of ether oxygens (including phenoxy) is 1. The number of benzene rings is 1. The number of hydrogen-bond acceptors (Lipinski definition) is 6. The average Bonchev–Trinajstić information content (AvgIpc) is 3.33. The van der Waals surface area contributed by atoms with Gasteiger partial charge in [0.25, 0.3) is 5.91 Å². The van der Waals surface area contributed by atoms with Crippen LogP contribution in [0.2, 0.25) is 9.36 Å². The van der Waals surface area contributed by atoms with E-state index >= 15 is 0 Å². The number of amides is 1. The molecule has 5 nitrogen and oxygen atoms in total. The largest absolute Gasteiger partial charge is 0.379 e. The van der Waals surface area contributed by atoms with Crippen molar-refractivity contribution >= 4 is 79.5 Å². The number of halogens is 3. The van der Waals surface area contributed by atoms with Crippen molar-refractivity contribution in [3.8, 4) is 0 Å². The first-order chi connectivity index (χ1) is 13.5. The van der Waals surface area contributed by atoms with Crippen LogP contribution in [0.15, 0.2) is 24.3 Å². The number of anilines is 1. The lowest BCUT2D eigenvalue weighted by atomic mass is 10.2. The fourth-order valence-electron chi connectivity index (χ4n) is 3.12. The summed E-state index contributed by atoms with van der Waals surface area (Å²) in [5, 5.41) is 1.32. The predicted octanol–water partition coefficient (Wildman–Crippen LogP) is 5.37. The van der Waals surface area contributed by atoms with Crippen LogP contribution in [0.4, 0.5) is 5.13 Å². The normalized spacial score (nSPS) is 14.7. The Kier molecular flexibility index (Phi) is 7.78. The van der Waals surface area contributed by atoms with Crippen LogP contribution in [0, 0.1) is 6.92 Å². The third kappa shape index (κ3) is 5.05. The van der Waals surface area contributed by atoms with Crippen LogP contribution in [0.1, 0.15) is 15.2 Å². The van der Waals surface area contributed by atoms with Gasteiger partial charge in [-0.15, -0.1) is 23.7 Å². The van der Waals surface area contributed by atoms with Gasteiger partial charge < -0.3 is 4.74 Å². The number of fused-ring (bicyclic) bond motifs is 1. The molecule has 0 radical (unpaired) electrons. The van der Waals surface area contributed by atoms with E-state index in [1.165, 1.54) is 22.7 Å². The second-order valence-corrected chi connectivity index (χ2v) is 9.65. The summed E-state index contributed by atoms with van der Waals surface area (Å²) < 4.78 is 6.92. The summed E-state index contributed by atoms with van der Waals surface area (Å²) in [7, 11) is 0. The van der Waals surface area contributed by atoms with Crippen molar-refractivity contribution in [2.75, 3.05) is 44.3 Å². The first kappa shape index (κ1) is 22.7. The molecule has 3 aromatic rings. The van der Waals surface area contributed by atoms with E-state index in [2.05, 4.69) is 4.90 Å². The predicted molar refractivity (Wildman–Crippen MR) is 125 cm³/mol. The molecule has 10 heteroatoms.